The van der Waals surface area contributed by atoms with Gasteiger partial charge in [0.1, 0.15) is 11.4 Å². The molecular formula is C10H8FNO3. The van der Waals surface area contributed by atoms with E-state index in [1.54, 1.807) is 6.92 Å². The number of anilines is 1. The predicted octanol–water partition coefficient (Wildman–Crippen LogP) is 1.36. The Labute approximate surface area is 85.0 Å². The Morgan fingerprint density at radius 3 is 2.93 bits per heavy atom. The number of ether oxygens (including phenoxy) is 1. The van der Waals surface area contributed by atoms with Crippen molar-refractivity contribution >= 4 is 17.9 Å². The zero-order valence-electron chi connectivity index (χ0n) is 7.91. The first-order valence-electron chi connectivity index (χ1n) is 4.38. The van der Waals surface area contributed by atoms with E-state index in [9.17, 15) is 14.0 Å². The van der Waals surface area contributed by atoms with E-state index in [2.05, 4.69) is 5.32 Å². The van der Waals surface area contributed by atoms with Gasteiger partial charge in [-0.1, -0.05) is 0 Å². The second kappa shape index (κ2) is 3.34. The van der Waals surface area contributed by atoms with Crippen molar-refractivity contribution in [3.63, 3.8) is 0 Å². The number of carbonyl (C=O) groups excluding carboxylic acids is 2. The topological polar surface area (TPSA) is 55.4 Å². The second-order valence-electron chi connectivity index (χ2n) is 3.21. The predicted molar refractivity (Wildman–Crippen MR) is 50.5 cm³/mol. The van der Waals surface area contributed by atoms with Gasteiger partial charge in [0.25, 0.3) is 5.91 Å². The van der Waals surface area contributed by atoms with Crippen molar-refractivity contribution in [1.29, 1.82) is 0 Å². The highest BCUT2D eigenvalue weighted by molar-refractivity contribution is 5.98. The van der Waals surface area contributed by atoms with Crippen LogP contribution in [-0.2, 0) is 4.79 Å². The van der Waals surface area contributed by atoms with Gasteiger partial charge >= 0.3 is 0 Å². The van der Waals surface area contributed by atoms with Crippen molar-refractivity contribution in [2.24, 2.45) is 0 Å². The number of fused-ring (bicyclic) bond motifs is 1. The van der Waals surface area contributed by atoms with Crippen LogP contribution in [0.25, 0.3) is 0 Å². The summed E-state index contributed by atoms with van der Waals surface area (Å²) in [5, 5.41) is 2.35. The lowest BCUT2D eigenvalue weighted by Gasteiger charge is -2.23. The molecule has 1 unspecified atom stereocenters. The maximum absolute atomic E-state index is 13.5. The summed E-state index contributed by atoms with van der Waals surface area (Å²) < 4.78 is 18.7. The summed E-state index contributed by atoms with van der Waals surface area (Å²) in [7, 11) is 0. The molecule has 1 aromatic rings. The number of nitrogens with one attached hydrogen (secondary N) is 1. The van der Waals surface area contributed by atoms with Crippen LogP contribution >= 0.6 is 0 Å². The minimum Gasteiger partial charge on any atom is -0.479 e. The molecule has 0 saturated carbocycles. The average Bonchev–Trinajstić information content (AvgIpc) is 2.22. The SMILES string of the molecule is CC1Oc2ccc(C=O)c(F)c2NC1=O. The molecule has 0 fully saturated rings. The maximum atomic E-state index is 13.5. The van der Waals surface area contributed by atoms with Crippen LogP contribution in [0.2, 0.25) is 0 Å². The Bertz CT molecular complexity index is 445. The lowest BCUT2D eigenvalue weighted by Crippen LogP contribution is -2.35. The monoisotopic (exact) mass is 209 g/mol. The van der Waals surface area contributed by atoms with Gasteiger partial charge in [-0.25, -0.2) is 4.39 Å². The lowest BCUT2D eigenvalue weighted by atomic mass is 10.1. The minimum absolute atomic E-state index is 0.0669. The van der Waals surface area contributed by atoms with E-state index in [-0.39, 0.29) is 17.0 Å². The smallest absolute Gasteiger partial charge is 0.265 e. The summed E-state index contributed by atoms with van der Waals surface area (Å²) in [5.74, 6) is -0.947. The van der Waals surface area contributed by atoms with Gasteiger partial charge < -0.3 is 10.1 Å². The highest BCUT2D eigenvalue weighted by Crippen LogP contribution is 2.33. The van der Waals surface area contributed by atoms with Crippen LogP contribution in [0.3, 0.4) is 0 Å². The molecule has 0 bridgehead atoms. The second-order valence-corrected chi connectivity index (χ2v) is 3.21. The molecule has 1 aliphatic heterocycles. The molecular weight excluding hydrogens is 201 g/mol. The fraction of sp³-hybridized carbons (Fsp3) is 0.200. The van der Waals surface area contributed by atoms with Crippen LogP contribution < -0.4 is 10.1 Å². The van der Waals surface area contributed by atoms with Crippen LogP contribution in [0.1, 0.15) is 17.3 Å². The van der Waals surface area contributed by atoms with Crippen molar-refractivity contribution in [2.75, 3.05) is 5.32 Å². The van der Waals surface area contributed by atoms with E-state index in [4.69, 9.17) is 4.74 Å². The summed E-state index contributed by atoms with van der Waals surface area (Å²) in [6, 6.07) is 2.77. The zero-order chi connectivity index (χ0) is 11.0. The Hall–Kier alpha value is -1.91. The van der Waals surface area contributed by atoms with Gasteiger partial charge in [-0.15, -0.1) is 0 Å². The fourth-order valence-electron chi connectivity index (χ4n) is 1.35. The van der Waals surface area contributed by atoms with Crippen LogP contribution in [0.5, 0.6) is 5.75 Å². The van der Waals surface area contributed by atoms with Gasteiger partial charge in [-0.2, -0.15) is 0 Å². The molecule has 78 valence electrons. The summed E-state index contributed by atoms with van der Waals surface area (Å²) in [6.07, 6.45) is -0.265. The number of benzene rings is 1. The highest BCUT2D eigenvalue weighted by Gasteiger charge is 2.26. The van der Waals surface area contributed by atoms with Crippen LogP contribution in [0.4, 0.5) is 10.1 Å². The van der Waals surface area contributed by atoms with Crippen molar-refractivity contribution in [1.82, 2.24) is 0 Å². The first-order chi connectivity index (χ1) is 7.13. The number of halogens is 1. The molecule has 1 atom stereocenters. The Kier molecular flexibility index (Phi) is 2.15. The number of hydrogen-bond donors (Lipinski definition) is 1. The zero-order valence-corrected chi connectivity index (χ0v) is 7.91. The molecule has 0 aliphatic carbocycles. The Balaban J connectivity index is 2.53. The third kappa shape index (κ3) is 1.45. The molecule has 0 aromatic heterocycles. The molecule has 1 amide bonds. The van der Waals surface area contributed by atoms with Gasteiger partial charge in [0, 0.05) is 0 Å². The van der Waals surface area contributed by atoms with Crippen molar-refractivity contribution in [2.45, 2.75) is 13.0 Å². The summed E-state index contributed by atoms with van der Waals surface area (Å²) in [6.45, 7) is 1.56. The number of hydrogen-bond acceptors (Lipinski definition) is 3. The van der Waals surface area contributed by atoms with Crippen molar-refractivity contribution in [3.05, 3.63) is 23.5 Å². The number of rotatable bonds is 1. The Morgan fingerprint density at radius 2 is 2.27 bits per heavy atom. The first-order valence-corrected chi connectivity index (χ1v) is 4.38. The molecule has 5 heteroatoms. The van der Waals surface area contributed by atoms with Crippen LogP contribution in [0, 0.1) is 5.82 Å². The average molecular weight is 209 g/mol. The van der Waals surface area contributed by atoms with Gasteiger partial charge in [0.2, 0.25) is 0 Å². The van der Waals surface area contributed by atoms with Gasteiger partial charge in [0.05, 0.1) is 5.56 Å². The maximum Gasteiger partial charge on any atom is 0.265 e. The van der Waals surface area contributed by atoms with E-state index in [1.807, 2.05) is 0 Å². The van der Waals surface area contributed by atoms with Crippen molar-refractivity contribution in [3.8, 4) is 5.75 Å². The van der Waals surface area contributed by atoms with Crippen LogP contribution in [0.15, 0.2) is 12.1 Å². The van der Waals surface area contributed by atoms with Gasteiger partial charge in [-0.05, 0) is 19.1 Å². The molecule has 1 aliphatic rings. The van der Waals surface area contributed by atoms with Crippen molar-refractivity contribution < 1.29 is 18.7 Å². The summed E-state index contributed by atoms with van der Waals surface area (Å²) >= 11 is 0. The molecule has 15 heavy (non-hydrogen) atoms. The molecule has 0 spiro atoms. The molecule has 1 N–H and O–H groups in total. The molecule has 0 radical (unpaired) electrons. The van der Waals surface area contributed by atoms with Gasteiger partial charge in [-0.3, -0.25) is 9.59 Å². The standard InChI is InChI=1S/C10H8FNO3/c1-5-10(14)12-9-7(15-5)3-2-6(4-13)8(9)11/h2-5H,1H3,(H,12,14). The lowest BCUT2D eigenvalue weighted by molar-refractivity contribution is -0.122. The third-order valence-electron chi connectivity index (χ3n) is 2.18. The fourth-order valence-corrected chi connectivity index (χ4v) is 1.35. The summed E-state index contributed by atoms with van der Waals surface area (Å²) in [4.78, 5) is 21.7. The normalized spacial score (nSPS) is 18.8. The molecule has 0 saturated heterocycles. The summed E-state index contributed by atoms with van der Waals surface area (Å²) in [5.41, 5.74) is -0.171. The molecule has 4 nitrogen and oxygen atoms in total. The minimum atomic E-state index is -0.761. The van der Waals surface area contributed by atoms with E-state index in [1.165, 1.54) is 12.1 Å². The molecule has 2 rings (SSSR count). The molecule has 1 heterocycles. The number of amides is 1. The number of carbonyl (C=O) groups is 2. The number of aldehydes is 1. The van der Waals surface area contributed by atoms with E-state index >= 15 is 0 Å². The first kappa shape index (κ1) is 9.64. The van der Waals surface area contributed by atoms with Crippen LogP contribution in [-0.4, -0.2) is 18.3 Å². The van der Waals surface area contributed by atoms with E-state index < -0.39 is 17.8 Å². The van der Waals surface area contributed by atoms with E-state index in [0.717, 1.165) is 0 Å². The highest BCUT2D eigenvalue weighted by atomic mass is 19.1. The largest absolute Gasteiger partial charge is 0.479 e. The third-order valence-corrected chi connectivity index (χ3v) is 2.18. The van der Waals surface area contributed by atoms with Gasteiger partial charge in [0.15, 0.2) is 18.2 Å². The quantitative estimate of drug-likeness (QED) is 0.710. The molecule has 1 aromatic carbocycles. The Morgan fingerprint density at radius 1 is 1.53 bits per heavy atom. The van der Waals surface area contributed by atoms with E-state index in [0.29, 0.717) is 6.29 Å².